The van der Waals surface area contributed by atoms with Crippen molar-refractivity contribution < 1.29 is 9.53 Å². The van der Waals surface area contributed by atoms with E-state index in [9.17, 15) is 4.79 Å². The van der Waals surface area contributed by atoms with Crippen LogP contribution in [0.1, 0.15) is 18.0 Å². The Labute approximate surface area is 169 Å². The Balaban J connectivity index is 1.41. The number of hydrogen-bond acceptors (Lipinski definition) is 4. The summed E-state index contributed by atoms with van der Waals surface area (Å²) in [6, 6.07) is 14.3. The van der Waals surface area contributed by atoms with Crippen LogP contribution in [0.2, 0.25) is 0 Å². The molecule has 0 unspecified atom stereocenters. The van der Waals surface area contributed by atoms with E-state index < -0.39 is 0 Å². The van der Waals surface area contributed by atoms with Gasteiger partial charge in [-0.3, -0.25) is 4.79 Å². The highest BCUT2D eigenvalue weighted by molar-refractivity contribution is 7.08. The van der Waals surface area contributed by atoms with Crippen LogP contribution in [0.3, 0.4) is 0 Å². The number of benzene rings is 1. The normalized spacial score (nSPS) is 15.5. The summed E-state index contributed by atoms with van der Waals surface area (Å²) in [4.78, 5) is 17.3. The second-order valence-electron chi connectivity index (χ2n) is 6.95. The molecule has 1 saturated heterocycles. The van der Waals surface area contributed by atoms with Crippen molar-refractivity contribution in [1.82, 2.24) is 9.47 Å². The molecule has 146 valence electrons. The summed E-state index contributed by atoms with van der Waals surface area (Å²) in [7, 11) is 1.70. The van der Waals surface area contributed by atoms with E-state index in [1.54, 1.807) is 18.4 Å². The number of aromatic nitrogens is 1. The Morgan fingerprint density at radius 3 is 2.50 bits per heavy atom. The Bertz CT molecular complexity index is 850. The van der Waals surface area contributed by atoms with E-state index in [0.717, 1.165) is 37.6 Å². The second-order valence-corrected chi connectivity index (χ2v) is 7.73. The number of carbonyl (C=O) groups excluding carboxylic acids is 1. The van der Waals surface area contributed by atoms with Crippen LogP contribution in [0.15, 0.2) is 65.6 Å². The number of carbonyl (C=O) groups is 1. The number of para-hydroxylation sites is 2. The number of anilines is 1. The summed E-state index contributed by atoms with van der Waals surface area (Å²) in [5.74, 6) is 1.09. The molecule has 1 atom stereocenters. The summed E-state index contributed by atoms with van der Waals surface area (Å²) in [6.07, 6.45) is 4.56. The molecule has 2 aromatic heterocycles. The zero-order valence-electron chi connectivity index (χ0n) is 16.0. The maximum Gasteiger partial charge on any atom is 0.225 e. The Morgan fingerprint density at radius 1 is 1.07 bits per heavy atom. The SMILES string of the molecule is COc1ccccc1N1CCN(C(=O)C[C@H](c2ccsc2)n2cccc2)CC1. The molecule has 1 aliphatic heterocycles. The van der Waals surface area contributed by atoms with Gasteiger partial charge in [0.05, 0.1) is 25.3 Å². The van der Waals surface area contributed by atoms with Crippen molar-refractivity contribution in [3.8, 4) is 5.75 Å². The molecule has 4 rings (SSSR count). The Kier molecular flexibility index (Phi) is 5.67. The van der Waals surface area contributed by atoms with Crippen LogP contribution in [0.25, 0.3) is 0 Å². The van der Waals surface area contributed by atoms with Gasteiger partial charge in [-0.05, 0) is 46.7 Å². The average Bonchev–Trinajstić information content (AvgIpc) is 3.46. The van der Waals surface area contributed by atoms with E-state index in [2.05, 4.69) is 32.4 Å². The summed E-state index contributed by atoms with van der Waals surface area (Å²) in [6.45, 7) is 3.11. The van der Waals surface area contributed by atoms with Gasteiger partial charge in [0.2, 0.25) is 5.91 Å². The van der Waals surface area contributed by atoms with Gasteiger partial charge in [0.25, 0.3) is 0 Å². The number of amides is 1. The molecule has 1 fully saturated rings. The molecule has 5 nitrogen and oxygen atoms in total. The van der Waals surface area contributed by atoms with Crippen LogP contribution in [-0.4, -0.2) is 48.7 Å². The number of methoxy groups -OCH3 is 1. The minimum atomic E-state index is 0.0565. The van der Waals surface area contributed by atoms with Crippen LogP contribution in [0.5, 0.6) is 5.75 Å². The first kappa shape index (κ1) is 18.6. The standard InChI is InChI=1S/C22H25N3O2S/c1-27-21-7-3-2-6-19(21)24-11-13-25(14-12-24)22(26)16-20(18-8-15-28-17-18)23-9-4-5-10-23/h2-10,15,17,20H,11-14,16H2,1H3/t20-/m1/s1. The van der Waals surface area contributed by atoms with Gasteiger partial charge >= 0.3 is 0 Å². The van der Waals surface area contributed by atoms with Crippen molar-refractivity contribution in [2.75, 3.05) is 38.2 Å². The zero-order chi connectivity index (χ0) is 19.3. The molecule has 0 bridgehead atoms. The molecule has 1 amide bonds. The lowest BCUT2D eigenvalue weighted by Gasteiger charge is -2.37. The van der Waals surface area contributed by atoms with Gasteiger partial charge in [0.15, 0.2) is 0 Å². The molecule has 1 aromatic carbocycles. The maximum absolute atomic E-state index is 13.0. The van der Waals surface area contributed by atoms with Gasteiger partial charge in [-0.15, -0.1) is 0 Å². The van der Waals surface area contributed by atoms with Crippen molar-refractivity contribution in [2.24, 2.45) is 0 Å². The van der Waals surface area contributed by atoms with Gasteiger partial charge in [-0.1, -0.05) is 12.1 Å². The lowest BCUT2D eigenvalue weighted by molar-refractivity contribution is -0.132. The minimum Gasteiger partial charge on any atom is -0.495 e. The fraction of sp³-hybridized carbons (Fsp3) is 0.318. The van der Waals surface area contributed by atoms with Crippen molar-refractivity contribution in [3.63, 3.8) is 0 Å². The van der Waals surface area contributed by atoms with Crippen molar-refractivity contribution >= 4 is 22.9 Å². The molecule has 3 heterocycles. The Hall–Kier alpha value is -2.73. The first-order valence-corrected chi connectivity index (χ1v) is 10.5. The van der Waals surface area contributed by atoms with Crippen molar-refractivity contribution in [3.05, 3.63) is 71.2 Å². The predicted octanol–water partition coefficient (Wildman–Crippen LogP) is 3.89. The largest absolute Gasteiger partial charge is 0.495 e. The molecular weight excluding hydrogens is 370 g/mol. The fourth-order valence-corrected chi connectivity index (χ4v) is 4.50. The van der Waals surface area contributed by atoms with E-state index in [4.69, 9.17) is 4.74 Å². The third kappa shape index (κ3) is 3.92. The number of nitrogens with zero attached hydrogens (tertiary/aromatic N) is 3. The molecule has 1 aliphatic rings. The molecule has 0 spiro atoms. The van der Waals surface area contributed by atoms with E-state index in [1.807, 2.05) is 47.6 Å². The summed E-state index contributed by atoms with van der Waals surface area (Å²) >= 11 is 1.67. The average molecular weight is 396 g/mol. The summed E-state index contributed by atoms with van der Waals surface area (Å²) < 4.78 is 7.61. The predicted molar refractivity (Wildman–Crippen MR) is 113 cm³/mol. The van der Waals surface area contributed by atoms with Gasteiger partial charge in [0.1, 0.15) is 5.75 Å². The zero-order valence-corrected chi connectivity index (χ0v) is 16.8. The number of piperazine rings is 1. The number of ether oxygens (including phenoxy) is 1. The fourth-order valence-electron chi connectivity index (χ4n) is 3.80. The summed E-state index contributed by atoms with van der Waals surface area (Å²) in [5, 5.41) is 4.21. The number of rotatable bonds is 6. The van der Waals surface area contributed by atoms with Crippen molar-refractivity contribution in [1.29, 1.82) is 0 Å². The van der Waals surface area contributed by atoms with Crippen LogP contribution in [0.4, 0.5) is 5.69 Å². The van der Waals surface area contributed by atoms with E-state index in [0.29, 0.717) is 6.42 Å². The summed E-state index contributed by atoms with van der Waals surface area (Å²) in [5.41, 5.74) is 2.29. The molecule has 0 saturated carbocycles. The smallest absolute Gasteiger partial charge is 0.225 e. The van der Waals surface area contributed by atoms with Crippen LogP contribution in [0, 0.1) is 0 Å². The Morgan fingerprint density at radius 2 is 1.82 bits per heavy atom. The van der Waals surface area contributed by atoms with Crippen molar-refractivity contribution in [2.45, 2.75) is 12.5 Å². The van der Waals surface area contributed by atoms with Crippen LogP contribution >= 0.6 is 11.3 Å². The monoisotopic (exact) mass is 395 g/mol. The first-order valence-electron chi connectivity index (χ1n) is 9.56. The topological polar surface area (TPSA) is 37.7 Å². The van der Waals surface area contributed by atoms with Gasteiger partial charge in [-0.25, -0.2) is 0 Å². The van der Waals surface area contributed by atoms with Crippen LogP contribution < -0.4 is 9.64 Å². The first-order chi connectivity index (χ1) is 13.8. The lowest BCUT2D eigenvalue weighted by atomic mass is 10.1. The van der Waals surface area contributed by atoms with E-state index >= 15 is 0 Å². The molecule has 0 radical (unpaired) electrons. The van der Waals surface area contributed by atoms with Gasteiger partial charge < -0.3 is 19.1 Å². The highest BCUT2D eigenvalue weighted by atomic mass is 32.1. The van der Waals surface area contributed by atoms with Gasteiger partial charge in [0, 0.05) is 38.6 Å². The van der Waals surface area contributed by atoms with Crippen LogP contribution in [-0.2, 0) is 4.79 Å². The molecule has 0 N–H and O–H groups in total. The molecule has 28 heavy (non-hydrogen) atoms. The maximum atomic E-state index is 13.0. The highest BCUT2D eigenvalue weighted by Crippen LogP contribution is 2.29. The quantitative estimate of drug-likeness (QED) is 0.636. The second kappa shape index (κ2) is 8.52. The molecular formula is C22H25N3O2S. The van der Waals surface area contributed by atoms with E-state index in [1.165, 1.54) is 5.56 Å². The highest BCUT2D eigenvalue weighted by Gasteiger charge is 2.26. The minimum absolute atomic E-state index is 0.0565. The third-order valence-corrected chi connectivity index (χ3v) is 6.04. The third-order valence-electron chi connectivity index (χ3n) is 5.34. The molecule has 6 heteroatoms. The lowest BCUT2D eigenvalue weighted by Crippen LogP contribution is -2.49. The number of hydrogen-bond donors (Lipinski definition) is 0. The molecule has 3 aromatic rings. The molecule has 0 aliphatic carbocycles. The number of thiophene rings is 1. The van der Waals surface area contributed by atoms with Gasteiger partial charge in [-0.2, -0.15) is 11.3 Å². The van der Waals surface area contributed by atoms with E-state index in [-0.39, 0.29) is 11.9 Å².